The highest BCUT2D eigenvalue weighted by Gasteiger charge is 2.27. The van der Waals surface area contributed by atoms with Crippen LogP contribution < -0.4 is 5.32 Å². The van der Waals surface area contributed by atoms with E-state index in [9.17, 15) is 4.79 Å². The second-order valence-electron chi connectivity index (χ2n) is 5.18. The monoisotopic (exact) mass is 252 g/mol. The topological polar surface area (TPSA) is 42.0 Å². The van der Waals surface area contributed by atoms with Crippen molar-refractivity contribution in [2.45, 2.75) is 39.5 Å². The first-order chi connectivity index (χ1) is 8.16. The quantitative estimate of drug-likeness (QED) is 0.894. The zero-order valence-electron chi connectivity index (χ0n) is 10.5. The lowest BCUT2D eigenvalue weighted by Gasteiger charge is -2.29. The summed E-state index contributed by atoms with van der Waals surface area (Å²) in [5, 5.41) is 5.51. The Morgan fingerprint density at radius 3 is 2.65 bits per heavy atom. The zero-order valence-corrected chi connectivity index (χ0v) is 11.3. The number of hydrogen-bond donors (Lipinski definition) is 1. The molecule has 1 aromatic heterocycles. The molecule has 0 aliphatic heterocycles. The van der Waals surface area contributed by atoms with E-state index in [0.29, 0.717) is 0 Å². The molecule has 0 spiro atoms. The number of aromatic nitrogens is 1. The van der Waals surface area contributed by atoms with Crippen LogP contribution in [0.1, 0.15) is 39.5 Å². The van der Waals surface area contributed by atoms with Gasteiger partial charge in [0.2, 0.25) is 5.91 Å². The van der Waals surface area contributed by atoms with E-state index in [2.05, 4.69) is 24.1 Å². The molecule has 1 amide bonds. The van der Waals surface area contributed by atoms with Crippen LogP contribution in [0.15, 0.2) is 11.6 Å². The van der Waals surface area contributed by atoms with E-state index < -0.39 is 0 Å². The Morgan fingerprint density at radius 1 is 1.41 bits per heavy atom. The van der Waals surface area contributed by atoms with Crippen LogP contribution in [0.25, 0.3) is 0 Å². The van der Waals surface area contributed by atoms with Gasteiger partial charge in [-0.05, 0) is 37.5 Å². The molecule has 94 valence electrons. The third-order valence-corrected chi connectivity index (χ3v) is 4.44. The molecule has 0 bridgehead atoms. The molecule has 1 aromatic rings. The van der Waals surface area contributed by atoms with E-state index >= 15 is 0 Å². The number of carbonyl (C=O) groups excluding carboxylic acids is 1. The smallest absolute Gasteiger partial charge is 0.229 e. The first-order valence-electron chi connectivity index (χ1n) is 6.37. The maximum atomic E-state index is 12.0. The first-order valence-corrected chi connectivity index (χ1v) is 7.25. The molecule has 3 nitrogen and oxygen atoms in total. The molecule has 4 heteroatoms. The van der Waals surface area contributed by atoms with Crippen molar-refractivity contribution in [2.24, 2.45) is 17.8 Å². The second kappa shape index (κ2) is 5.63. The van der Waals surface area contributed by atoms with Crippen LogP contribution in [0.5, 0.6) is 0 Å². The number of nitrogens with one attached hydrogen (secondary N) is 1. The molecule has 2 rings (SSSR count). The Balaban J connectivity index is 1.82. The van der Waals surface area contributed by atoms with Crippen molar-refractivity contribution in [3.8, 4) is 0 Å². The fraction of sp³-hybridized carbons (Fsp3) is 0.692. The molecule has 17 heavy (non-hydrogen) atoms. The molecule has 0 unspecified atom stereocenters. The van der Waals surface area contributed by atoms with Crippen molar-refractivity contribution in [1.29, 1.82) is 0 Å². The number of carbonyl (C=O) groups is 1. The van der Waals surface area contributed by atoms with Gasteiger partial charge in [-0.3, -0.25) is 4.79 Å². The van der Waals surface area contributed by atoms with Crippen LogP contribution in [0.2, 0.25) is 0 Å². The Labute approximate surface area is 107 Å². The lowest BCUT2D eigenvalue weighted by atomic mass is 9.77. The molecule has 1 aliphatic carbocycles. The summed E-state index contributed by atoms with van der Waals surface area (Å²) in [6.07, 6.45) is 6.15. The highest BCUT2D eigenvalue weighted by Crippen LogP contribution is 2.33. The maximum absolute atomic E-state index is 12.0. The van der Waals surface area contributed by atoms with Gasteiger partial charge in [-0.2, -0.15) is 0 Å². The van der Waals surface area contributed by atoms with Gasteiger partial charge in [-0.1, -0.05) is 13.8 Å². The Bertz CT molecular complexity index is 354. The summed E-state index contributed by atoms with van der Waals surface area (Å²) in [6, 6.07) is 0. The van der Waals surface area contributed by atoms with Crippen LogP contribution >= 0.6 is 11.3 Å². The largest absolute Gasteiger partial charge is 0.302 e. The standard InChI is InChI=1S/C13H20N2OS/c1-9(2)10-3-5-11(6-4-10)12(16)15-13-14-7-8-17-13/h7-11H,3-6H2,1-2H3,(H,14,15,16)/t10-,11+. The number of thiazole rings is 1. The van der Waals surface area contributed by atoms with Crippen LogP contribution in [0.3, 0.4) is 0 Å². The van der Waals surface area contributed by atoms with Crippen molar-refractivity contribution < 1.29 is 4.79 Å². The predicted octanol–water partition coefficient (Wildman–Crippen LogP) is 3.54. The second-order valence-corrected chi connectivity index (χ2v) is 6.08. The van der Waals surface area contributed by atoms with E-state index in [-0.39, 0.29) is 11.8 Å². The normalized spacial score (nSPS) is 24.9. The first kappa shape index (κ1) is 12.6. The van der Waals surface area contributed by atoms with Gasteiger partial charge >= 0.3 is 0 Å². The van der Waals surface area contributed by atoms with E-state index in [1.54, 1.807) is 6.20 Å². The van der Waals surface area contributed by atoms with Crippen molar-refractivity contribution >= 4 is 22.4 Å². The van der Waals surface area contributed by atoms with E-state index in [4.69, 9.17) is 0 Å². The lowest BCUT2D eigenvalue weighted by molar-refractivity contribution is -0.121. The minimum atomic E-state index is 0.155. The number of nitrogens with zero attached hydrogens (tertiary/aromatic N) is 1. The third-order valence-electron chi connectivity index (χ3n) is 3.75. The Morgan fingerprint density at radius 2 is 2.12 bits per heavy atom. The average Bonchev–Trinajstić information content (AvgIpc) is 2.82. The summed E-state index contributed by atoms with van der Waals surface area (Å²) >= 11 is 1.48. The van der Waals surface area contributed by atoms with Crippen LogP contribution in [0.4, 0.5) is 5.13 Å². The summed E-state index contributed by atoms with van der Waals surface area (Å²) in [5.41, 5.74) is 0. The molecule has 1 saturated carbocycles. The molecule has 0 radical (unpaired) electrons. The van der Waals surface area contributed by atoms with Crippen LogP contribution in [-0.4, -0.2) is 10.9 Å². The van der Waals surface area contributed by atoms with Gasteiger partial charge in [0.15, 0.2) is 5.13 Å². The molecule has 0 atom stereocenters. The SMILES string of the molecule is CC(C)[C@H]1CC[C@@H](C(=O)Nc2nccs2)CC1. The van der Waals surface area contributed by atoms with E-state index in [1.807, 2.05) is 5.38 Å². The molecule has 0 aromatic carbocycles. The molecule has 1 heterocycles. The number of anilines is 1. The molecule has 1 N–H and O–H groups in total. The highest BCUT2D eigenvalue weighted by atomic mass is 32.1. The van der Waals surface area contributed by atoms with Crippen molar-refractivity contribution in [1.82, 2.24) is 4.98 Å². The van der Waals surface area contributed by atoms with Gasteiger partial charge < -0.3 is 5.32 Å². The number of hydrogen-bond acceptors (Lipinski definition) is 3. The molecule has 1 aliphatic rings. The van der Waals surface area contributed by atoms with Gasteiger partial charge in [0.05, 0.1) is 0 Å². The fourth-order valence-corrected chi connectivity index (χ4v) is 3.07. The Hall–Kier alpha value is -0.900. The van der Waals surface area contributed by atoms with Crippen molar-refractivity contribution in [3.63, 3.8) is 0 Å². The fourth-order valence-electron chi connectivity index (χ4n) is 2.54. The summed E-state index contributed by atoms with van der Waals surface area (Å²) in [4.78, 5) is 16.1. The predicted molar refractivity (Wildman–Crippen MR) is 71.0 cm³/mol. The summed E-state index contributed by atoms with van der Waals surface area (Å²) in [5.74, 6) is 1.90. The van der Waals surface area contributed by atoms with Gasteiger partial charge in [0.25, 0.3) is 0 Å². The van der Waals surface area contributed by atoms with Gasteiger partial charge in [0, 0.05) is 17.5 Å². The molecular weight excluding hydrogens is 232 g/mol. The van der Waals surface area contributed by atoms with Gasteiger partial charge in [-0.25, -0.2) is 4.98 Å². The van der Waals surface area contributed by atoms with Crippen molar-refractivity contribution in [3.05, 3.63) is 11.6 Å². The third kappa shape index (κ3) is 3.28. The lowest BCUT2D eigenvalue weighted by Crippen LogP contribution is -2.28. The number of amides is 1. The summed E-state index contributed by atoms with van der Waals surface area (Å²) < 4.78 is 0. The minimum absolute atomic E-state index is 0.155. The van der Waals surface area contributed by atoms with Gasteiger partial charge in [0.1, 0.15) is 0 Å². The molecule has 0 saturated heterocycles. The van der Waals surface area contributed by atoms with E-state index in [0.717, 1.165) is 29.8 Å². The average molecular weight is 252 g/mol. The zero-order chi connectivity index (χ0) is 12.3. The van der Waals surface area contributed by atoms with Gasteiger partial charge in [-0.15, -0.1) is 11.3 Å². The Kier molecular flexibility index (Phi) is 4.15. The maximum Gasteiger partial charge on any atom is 0.229 e. The minimum Gasteiger partial charge on any atom is -0.302 e. The number of rotatable bonds is 3. The van der Waals surface area contributed by atoms with Crippen molar-refractivity contribution in [2.75, 3.05) is 5.32 Å². The van der Waals surface area contributed by atoms with E-state index in [1.165, 1.54) is 24.2 Å². The molecular formula is C13H20N2OS. The van der Waals surface area contributed by atoms with Crippen LogP contribution in [0, 0.1) is 17.8 Å². The highest BCUT2D eigenvalue weighted by molar-refractivity contribution is 7.13. The summed E-state index contributed by atoms with van der Waals surface area (Å²) in [6.45, 7) is 4.56. The molecule has 1 fully saturated rings. The van der Waals surface area contributed by atoms with Crippen LogP contribution in [-0.2, 0) is 4.79 Å². The summed E-state index contributed by atoms with van der Waals surface area (Å²) in [7, 11) is 0.